The number of likely N-dealkylation sites (N-methyl/N-ethyl adjacent to an activating group) is 1. The molecule has 0 aliphatic rings. The Bertz CT molecular complexity index is 628. The third-order valence-electron chi connectivity index (χ3n) is 3.76. The topological polar surface area (TPSA) is 95.7 Å². The molecule has 0 unspecified atom stereocenters. The number of primary amides is 1. The van der Waals surface area contributed by atoms with Gasteiger partial charge in [-0.3, -0.25) is 14.4 Å². The second-order valence-electron chi connectivity index (χ2n) is 6.10. The van der Waals surface area contributed by atoms with Crippen molar-refractivity contribution in [2.24, 2.45) is 5.73 Å². The molecule has 136 valence electrons. The van der Waals surface area contributed by atoms with Gasteiger partial charge in [-0.15, -0.1) is 0 Å². The van der Waals surface area contributed by atoms with Gasteiger partial charge in [-0.25, -0.2) is 0 Å². The zero-order valence-electron chi connectivity index (χ0n) is 15.0. The van der Waals surface area contributed by atoms with Crippen molar-refractivity contribution in [1.29, 1.82) is 0 Å². The summed E-state index contributed by atoms with van der Waals surface area (Å²) in [6.45, 7) is 3.64. The summed E-state index contributed by atoms with van der Waals surface area (Å²) in [5.74, 6) is -1.29. The van der Waals surface area contributed by atoms with Crippen LogP contribution in [0.3, 0.4) is 0 Å². The van der Waals surface area contributed by atoms with E-state index in [4.69, 9.17) is 5.73 Å². The van der Waals surface area contributed by atoms with Crippen LogP contribution in [0.4, 0.5) is 0 Å². The lowest BCUT2D eigenvalue weighted by molar-refractivity contribution is -0.135. The first kappa shape index (κ1) is 20.2. The first-order valence-electron chi connectivity index (χ1n) is 7.92. The molecular formula is C18H26N4O3. The van der Waals surface area contributed by atoms with Gasteiger partial charge in [-0.05, 0) is 5.56 Å². The standard InChI is InChI=1S/C18H26N4O3/c1-13(21(2)3)10-17(24)22(4)12-16(23)20-15(18(19)25)11-14-8-6-5-7-9-14/h5-9,15H,1,10-12H2,2-4H3,(H2,19,25)(H,20,23)/t15-/m0/s1. The Labute approximate surface area is 148 Å². The van der Waals surface area contributed by atoms with E-state index >= 15 is 0 Å². The molecule has 0 saturated carbocycles. The predicted octanol–water partition coefficient (Wildman–Crippen LogP) is 0.123. The monoisotopic (exact) mass is 346 g/mol. The smallest absolute Gasteiger partial charge is 0.240 e. The largest absolute Gasteiger partial charge is 0.381 e. The van der Waals surface area contributed by atoms with E-state index in [2.05, 4.69) is 11.9 Å². The normalized spacial score (nSPS) is 11.3. The Hall–Kier alpha value is -2.83. The summed E-state index contributed by atoms with van der Waals surface area (Å²) in [6, 6.07) is 8.44. The zero-order valence-corrected chi connectivity index (χ0v) is 15.0. The third kappa shape index (κ3) is 7.07. The molecule has 0 heterocycles. The van der Waals surface area contributed by atoms with Gasteiger partial charge in [0.1, 0.15) is 6.04 Å². The molecule has 1 rings (SSSR count). The number of carbonyl (C=O) groups is 3. The van der Waals surface area contributed by atoms with Crippen LogP contribution < -0.4 is 11.1 Å². The minimum absolute atomic E-state index is 0.125. The lowest BCUT2D eigenvalue weighted by atomic mass is 10.1. The summed E-state index contributed by atoms with van der Waals surface area (Å²) in [5, 5.41) is 2.59. The highest BCUT2D eigenvalue weighted by atomic mass is 16.2. The molecule has 0 bridgehead atoms. The number of nitrogens with zero attached hydrogens (tertiary/aromatic N) is 2. The van der Waals surface area contributed by atoms with Crippen molar-refractivity contribution in [1.82, 2.24) is 15.1 Å². The molecule has 7 nitrogen and oxygen atoms in total. The molecule has 0 fully saturated rings. The number of carbonyl (C=O) groups excluding carboxylic acids is 3. The molecule has 0 spiro atoms. The fourth-order valence-corrected chi connectivity index (χ4v) is 2.08. The van der Waals surface area contributed by atoms with Gasteiger partial charge in [0.2, 0.25) is 17.7 Å². The van der Waals surface area contributed by atoms with E-state index in [1.807, 2.05) is 30.3 Å². The Morgan fingerprint density at radius 3 is 2.28 bits per heavy atom. The Morgan fingerprint density at radius 2 is 1.76 bits per heavy atom. The lowest BCUT2D eigenvalue weighted by Gasteiger charge is -2.22. The third-order valence-corrected chi connectivity index (χ3v) is 3.76. The molecule has 3 amide bonds. The summed E-state index contributed by atoms with van der Waals surface area (Å²) >= 11 is 0. The number of hydrogen-bond donors (Lipinski definition) is 2. The molecule has 0 aliphatic heterocycles. The SMILES string of the molecule is C=C(CC(=O)N(C)CC(=O)N[C@@H](Cc1ccccc1)C(N)=O)N(C)C. The van der Waals surface area contributed by atoms with E-state index in [0.29, 0.717) is 12.1 Å². The van der Waals surface area contributed by atoms with E-state index in [9.17, 15) is 14.4 Å². The maximum absolute atomic E-state index is 12.1. The van der Waals surface area contributed by atoms with Gasteiger partial charge in [0.25, 0.3) is 0 Å². The van der Waals surface area contributed by atoms with E-state index in [-0.39, 0.29) is 18.9 Å². The highest BCUT2D eigenvalue weighted by Crippen LogP contribution is 2.05. The van der Waals surface area contributed by atoms with E-state index in [1.165, 1.54) is 11.9 Å². The van der Waals surface area contributed by atoms with Crippen LogP contribution in [0.25, 0.3) is 0 Å². The molecule has 1 aromatic carbocycles. The van der Waals surface area contributed by atoms with Gasteiger partial charge in [0, 0.05) is 33.3 Å². The number of nitrogens with one attached hydrogen (secondary N) is 1. The van der Waals surface area contributed by atoms with Crippen LogP contribution >= 0.6 is 0 Å². The second kappa shape index (κ2) is 9.46. The zero-order chi connectivity index (χ0) is 19.0. The van der Waals surface area contributed by atoms with Crippen molar-refractivity contribution >= 4 is 17.7 Å². The van der Waals surface area contributed by atoms with Gasteiger partial charge in [0.15, 0.2) is 0 Å². The first-order chi connectivity index (χ1) is 11.7. The van der Waals surface area contributed by atoms with Crippen LogP contribution in [-0.2, 0) is 20.8 Å². The number of amides is 3. The van der Waals surface area contributed by atoms with Crippen molar-refractivity contribution in [3.05, 3.63) is 48.2 Å². The average molecular weight is 346 g/mol. The Balaban J connectivity index is 2.58. The number of nitrogens with two attached hydrogens (primary N) is 1. The Morgan fingerprint density at radius 1 is 1.16 bits per heavy atom. The van der Waals surface area contributed by atoms with E-state index in [0.717, 1.165) is 5.56 Å². The summed E-state index contributed by atoms with van der Waals surface area (Å²) in [7, 11) is 5.12. The molecular weight excluding hydrogens is 320 g/mol. The fraction of sp³-hybridized carbons (Fsp3) is 0.389. The summed E-state index contributed by atoms with van der Waals surface area (Å²) < 4.78 is 0. The van der Waals surface area contributed by atoms with Crippen LogP contribution in [0.1, 0.15) is 12.0 Å². The molecule has 1 atom stereocenters. The van der Waals surface area contributed by atoms with Gasteiger partial charge >= 0.3 is 0 Å². The van der Waals surface area contributed by atoms with E-state index in [1.54, 1.807) is 19.0 Å². The highest BCUT2D eigenvalue weighted by molar-refractivity contribution is 5.89. The molecule has 7 heteroatoms. The van der Waals surface area contributed by atoms with Crippen LogP contribution in [0, 0.1) is 0 Å². The number of rotatable bonds is 9. The number of benzene rings is 1. The van der Waals surface area contributed by atoms with Crippen LogP contribution in [-0.4, -0.2) is 61.3 Å². The highest BCUT2D eigenvalue weighted by Gasteiger charge is 2.21. The quantitative estimate of drug-likeness (QED) is 0.664. The molecule has 0 aliphatic carbocycles. The van der Waals surface area contributed by atoms with E-state index < -0.39 is 17.9 Å². The molecule has 0 radical (unpaired) electrons. The fourth-order valence-electron chi connectivity index (χ4n) is 2.08. The number of hydrogen-bond acceptors (Lipinski definition) is 4. The first-order valence-corrected chi connectivity index (χ1v) is 7.92. The van der Waals surface area contributed by atoms with Crippen LogP contribution in [0.2, 0.25) is 0 Å². The second-order valence-corrected chi connectivity index (χ2v) is 6.10. The van der Waals surface area contributed by atoms with Gasteiger partial charge in [0.05, 0.1) is 13.0 Å². The molecule has 3 N–H and O–H groups in total. The molecule has 0 aromatic heterocycles. The van der Waals surface area contributed by atoms with Crippen molar-refractivity contribution in [3.8, 4) is 0 Å². The van der Waals surface area contributed by atoms with Gasteiger partial charge in [-0.1, -0.05) is 36.9 Å². The summed E-state index contributed by atoms with van der Waals surface area (Å²) in [4.78, 5) is 38.8. The predicted molar refractivity (Wildman–Crippen MR) is 96.4 cm³/mol. The average Bonchev–Trinajstić information content (AvgIpc) is 2.54. The van der Waals surface area contributed by atoms with Crippen LogP contribution in [0.5, 0.6) is 0 Å². The minimum Gasteiger partial charge on any atom is -0.381 e. The maximum atomic E-state index is 12.1. The molecule has 0 saturated heterocycles. The molecule has 25 heavy (non-hydrogen) atoms. The van der Waals surface area contributed by atoms with Crippen molar-refractivity contribution in [2.45, 2.75) is 18.9 Å². The summed E-state index contributed by atoms with van der Waals surface area (Å²) in [6.07, 6.45) is 0.428. The Kier molecular flexibility index (Phi) is 7.65. The van der Waals surface area contributed by atoms with Crippen molar-refractivity contribution in [3.63, 3.8) is 0 Å². The van der Waals surface area contributed by atoms with Crippen molar-refractivity contribution in [2.75, 3.05) is 27.7 Å². The lowest BCUT2D eigenvalue weighted by Crippen LogP contribution is -2.49. The summed E-state index contributed by atoms with van der Waals surface area (Å²) in [5.41, 5.74) is 6.91. The minimum atomic E-state index is -0.824. The van der Waals surface area contributed by atoms with Gasteiger partial charge in [-0.2, -0.15) is 0 Å². The maximum Gasteiger partial charge on any atom is 0.240 e. The molecule has 1 aromatic rings. The van der Waals surface area contributed by atoms with Crippen LogP contribution in [0.15, 0.2) is 42.6 Å². The van der Waals surface area contributed by atoms with Gasteiger partial charge < -0.3 is 20.9 Å². The van der Waals surface area contributed by atoms with Crippen molar-refractivity contribution < 1.29 is 14.4 Å².